The summed E-state index contributed by atoms with van der Waals surface area (Å²) in [5, 5.41) is 8.98. The van der Waals surface area contributed by atoms with Crippen LogP contribution in [0.2, 0.25) is 0 Å². The van der Waals surface area contributed by atoms with Crippen molar-refractivity contribution in [2.45, 2.75) is 39.5 Å². The van der Waals surface area contributed by atoms with Crippen LogP contribution < -0.4 is 0 Å². The SMILES string of the molecule is C=C(C)C1CC=C(CC2CC2(C)C#N)C(=O)C1. The van der Waals surface area contributed by atoms with E-state index < -0.39 is 0 Å². The van der Waals surface area contributed by atoms with E-state index >= 15 is 0 Å². The van der Waals surface area contributed by atoms with Crippen LogP contribution in [-0.2, 0) is 4.79 Å². The highest BCUT2D eigenvalue weighted by molar-refractivity contribution is 5.96. The maximum Gasteiger partial charge on any atom is 0.159 e. The molecule has 1 saturated carbocycles. The highest BCUT2D eigenvalue weighted by Gasteiger charge is 2.51. The molecular formula is C15H19NO. The van der Waals surface area contributed by atoms with E-state index in [1.807, 2.05) is 13.8 Å². The number of nitriles is 1. The summed E-state index contributed by atoms with van der Waals surface area (Å²) in [4.78, 5) is 12.0. The van der Waals surface area contributed by atoms with Crippen LogP contribution in [0.5, 0.6) is 0 Å². The number of nitrogens with zero attached hydrogens (tertiary/aromatic N) is 1. The first kappa shape index (κ1) is 12.1. The number of ketones is 1. The highest BCUT2D eigenvalue weighted by Crippen LogP contribution is 2.55. The van der Waals surface area contributed by atoms with Crippen molar-refractivity contribution in [2.75, 3.05) is 0 Å². The van der Waals surface area contributed by atoms with Crippen molar-refractivity contribution in [1.82, 2.24) is 0 Å². The molecular weight excluding hydrogens is 210 g/mol. The number of allylic oxidation sites excluding steroid dienone is 3. The minimum Gasteiger partial charge on any atom is -0.295 e. The van der Waals surface area contributed by atoms with Gasteiger partial charge >= 0.3 is 0 Å². The fraction of sp³-hybridized carbons (Fsp3) is 0.600. The Hall–Kier alpha value is -1.36. The molecule has 0 aliphatic heterocycles. The van der Waals surface area contributed by atoms with Crippen LogP contribution in [0, 0.1) is 28.6 Å². The number of Topliss-reactive ketones (excluding diaryl/α,β-unsaturated/α-hetero) is 1. The molecule has 0 spiro atoms. The lowest BCUT2D eigenvalue weighted by molar-refractivity contribution is -0.116. The molecule has 2 rings (SSSR count). The second kappa shape index (κ2) is 4.14. The Balaban J connectivity index is 1.98. The van der Waals surface area contributed by atoms with Gasteiger partial charge in [-0.3, -0.25) is 4.79 Å². The first-order chi connectivity index (χ1) is 7.96. The third-order valence-electron chi connectivity index (χ3n) is 4.27. The Morgan fingerprint density at radius 3 is 2.88 bits per heavy atom. The zero-order valence-corrected chi connectivity index (χ0v) is 10.6. The monoisotopic (exact) mass is 229 g/mol. The molecule has 3 unspecified atom stereocenters. The summed E-state index contributed by atoms with van der Waals surface area (Å²) in [5.41, 5.74) is 1.88. The summed E-state index contributed by atoms with van der Waals surface area (Å²) in [7, 11) is 0. The van der Waals surface area contributed by atoms with Crippen molar-refractivity contribution in [3.8, 4) is 6.07 Å². The van der Waals surface area contributed by atoms with Crippen LogP contribution in [-0.4, -0.2) is 5.78 Å². The van der Waals surface area contributed by atoms with E-state index in [1.54, 1.807) is 0 Å². The third kappa shape index (κ3) is 2.34. The number of carbonyl (C=O) groups excluding carboxylic acids is 1. The van der Waals surface area contributed by atoms with Crippen LogP contribution in [0.3, 0.4) is 0 Å². The van der Waals surface area contributed by atoms with E-state index in [0.29, 0.717) is 18.3 Å². The van der Waals surface area contributed by atoms with Gasteiger partial charge in [-0.25, -0.2) is 0 Å². The molecule has 1 fully saturated rings. The molecule has 2 aliphatic carbocycles. The first-order valence-corrected chi connectivity index (χ1v) is 6.25. The van der Waals surface area contributed by atoms with Crippen molar-refractivity contribution in [2.24, 2.45) is 17.3 Å². The fourth-order valence-corrected chi connectivity index (χ4v) is 2.56. The average Bonchev–Trinajstić information content (AvgIpc) is 2.93. The van der Waals surface area contributed by atoms with E-state index in [4.69, 9.17) is 5.26 Å². The summed E-state index contributed by atoms with van der Waals surface area (Å²) in [6.07, 6.45) is 5.36. The Kier molecular flexibility index (Phi) is 2.95. The average molecular weight is 229 g/mol. The summed E-state index contributed by atoms with van der Waals surface area (Å²) >= 11 is 0. The van der Waals surface area contributed by atoms with Gasteiger partial charge in [0, 0.05) is 6.42 Å². The van der Waals surface area contributed by atoms with E-state index in [1.165, 1.54) is 0 Å². The van der Waals surface area contributed by atoms with Crippen molar-refractivity contribution >= 4 is 5.78 Å². The maximum atomic E-state index is 12.0. The number of hydrogen-bond acceptors (Lipinski definition) is 2. The van der Waals surface area contributed by atoms with Crippen LogP contribution in [0.1, 0.15) is 39.5 Å². The minimum atomic E-state index is -0.174. The zero-order chi connectivity index (χ0) is 12.6. The van der Waals surface area contributed by atoms with E-state index in [-0.39, 0.29) is 11.2 Å². The van der Waals surface area contributed by atoms with Gasteiger partial charge < -0.3 is 0 Å². The van der Waals surface area contributed by atoms with Gasteiger partial charge in [0.15, 0.2) is 5.78 Å². The Morgan fingerprint density at radius 2 is 2.41 bits per heavy atom. The van der Waals surface area contributed by atoms with Gasteiger partial charge in [-0.15, -0.1) is 0 Å². The Bertz CT molecular complexity index is 440. The number of hydrogen-bond donors (Lipinski definition) is 0. The molecule has 2 aliphatic rings. The van der Waals surface area contributed by atoms with E-state index in [9.17, 15) is 4.79 Å². The Morgan fingerprint density at radius 1 is 1.71 bits per heavy atom. The lowest BCUT2D eigenvalue weighted by atomic mass is 9.83. The molecule has 0 bridgehead atoms. The minimum absolute atomic E-state index is 0.174. The fourth-order valence-electron chi connectivity index (χ4n) is 2.56. The molecule has 0 saturated heterocycles. The normalized spacial score (nSPS) is 36.1. The molecule has 0 N–H and O–H groups in total. The largest absolute Gasteiger partial charge is 0.295 e. The predicted octanol–water partition coefficient (Wildman–Crippen LogP) is 3.41. The highest BCUT2D eigenvalue weighted by atomic mass is 16.1. The quantitative estimate of drug-likeness (QED) is 0.696. The van der Waals surface area contributed by atoms with Crippen LogP contribution in [0.25, 0.3) is 0 Å². The molecule has 3 atom stereocenters. The van der Waals surface area contributed by atoms with Gasteiger partial charge in [0.05, 0.1) is 11.5 Å². The van der Waals surface area contributed by atoms with Crippen molar-refractivity contribution in [1.29, 1.82) is 5.26 Å². The Labute approximate surface area is 103 Å². The molecule has 0 aromatic heterocycles. The molecule has 0 radical (unpaired) electrons. The van der Waals surface area contributed by atoms with Gasteiger partial charge in [0.1, 0.15) is 0 Å². The maximum absolute atomic E-state index is 12.0. The van der Waals surface area contributed by atoms with Gasteiger partial charge in [-0.1, -0.05) is 18.2 Å². The molecule has 17 heavy (non-hydrogen) atoms. The molecule has 0 aromatic carbocycles. The second-order valence-corrected chi connectivity index (χ2v) is 5.77. The molecule has 2 nitrogen and oxygen atoms in total. The standard InChI is InChI=1S/C15H19NO/c1-10(2)11-4-5-12(14(17)7-11)6-13-8-15(13,3)9-16/h5,11,13H,1,4,6-8H2,2-3H3. The number of rotatable bonds is 3. The third-order valence-corrected chi connectivity index (χ3v) is 4.27. The molecule has 90 valence electrons. The lowest BCUT2D eigenvalue weighted by Crippen LogP contribution is -2.17. The van der Waals surface area contributed by atoms with Gasteiger partial charge in [-0.2, -0.15) is 5.26 Å². The topological polar surface area (TPSA) is 40.9 Å². The van der Waals surface area contributed by atoms with Gasteiger partial charge in [0.2, 0.25) is 0 Å². The lowest BCUT2D eigenvalue weighted by Gasteiger charge is -2.21. The summed E-state index contributed by atoms with van der Waals surface area (Å²) in [6.45, 7) is 7.90. The van der Waals surface area contributed by atoms with Crippen LogP contribution >= 0.6 is 0 Å². The summed E-state index contributed by atoms with van der Waals surface area (Å²) < 4.78 is 0. The predicted molar refractivity (Wildman–Crippen MR) is 67.1 cm³/mol. The van der Waals surface area contributed by atoms with Crippen LogP contribution in [0.15, 0.2) is 23.8 Å². The van der Waals surface area contributed by atoms with Gasteiger partial charge in [0.25, 0.3) is 0 Å². The molecule has 2 heteroatoms. The van der Waals surface area contributed by atoms with E-state index in [2.05, 4.69) is 18.7 Å². The smallest absolute Gasteiger partial charge is 0.159 e. The van der Waals surface area contributed by atoms with Gasteiger partial charge in [-0.05, 0) is 50.5 Å². The van der Waals surface area contributed by atoms with Crippen molar-refractivity contribution in [3.63, 3.8) is 0 Å². The zero-order valence-electron chi connectivity index (χ0n) is 10.6. The second-order valence-electron chi connectivity index (χ2n) is 5.77. The van der Waals surface area contributed by atoms with Crippen LogP contribution in [0.4, 0.5) is 0 Å². The summed E-state index contributed by atoms with van der Waals surface area (Å²) in [5.74, 6) is 0.980. The van der Waals surface area contributed by atoms with Crippen molar-refractivity contribution < 1.29 is 4.79 Å². The summed E-state index contributed by atoms with van der Waals surface area (Å²) in [6, 6.07) is 2.34. The molecule has 0 heterocycles. The van der Waals surface area contributed by atoms with E-state index in [0.717, 1.165) is 30.4 Å². The number of carbonyl (C=O) groups is 1. The van der Waals surface area contributed by atoms with Crippen molar-refractivity contribution in [3.05, 3.63) is 23.8 Å². The first-order valence-electron chi connectivity index (χ1n) is 6.25. The molecule has 0 amide bonds. The molecule has 0 aromatic rings.